The highest BCUT2D eigenvalue weighted by atomic mass is 19.4. The van der Waals surface area contributed by atoms with Crippen LogP contribution in [0.4, 0.5) is 13.2 Å². The first-order chi connectivity index (χ1) is 8.89. The minimum absolute atomic E-state index is 0.0154. The van der Waals surface area contributed by atoms with Crippen molar-refractivity contribution in [1.29, 1.82) is 0 Å². The summed E-state index contributed by atoms with van der Waals surface area (Å²) in [6, 6.07) is 0.0934. The van der Waals surface area contributed by atoms with Crippen molar-refractivity contribution in [2.75, 3.05) is 13.1 Å². The van der Waals surface area contributed by atoms with Gasteiger partial charge < -0.3 is 5.11 Å². The summed E-state index contributed by atoms with van der Waals surface area (Å²) < 4.78 is 37.8. The fourth-order valence-corrected chi connectivity index (χ4v) is 3.23. The number of alkyl halides is 3. The number of halogens is 3. The number of hydrogen-bond donors (Lipinski definition) is 1. The van der Waals surface area contributed by atoms with E-state index in [9.17, 15) is 18.3 Å². The van der Waals surface area contributed by atoms with E-state index in [1.165, 1.54) is 0 Å². The molecule has 3 unspecified atom stereocenters. The van der Waals surface area contributed by atoms with Gasteiger partial charge in [-0.25, -0.2) is 0 Å². The van der Waals surface area contributed by atoms with Crippen LogP contribution in [-0.2, 0) is 0 Å². The predicted octanol–water partition coefficient (Wildman–Crippen LogP) is 3.20. The average Bonchev–Trinajstić information content (AvgIpc) is 3.13. The van der Waals surface area contributed by atoms with Gasteiger partial charge in [0.25, 0.3) is 0 Å². The molecule has 2 aliphatic rings. The van der Waals surface area contributed by atoms with Crippen molar-refractivity contribution in [2.24, 2.45) is 11.8 Å². The molecule has 0 aromatic carbocycles. The van der Waals surface area contributed by atoms with Crippen LogP contribution in [0.1, 0.15) is 45.4 Å². The molecule has 2 aliphatic carbocycles. The molecule has 0 bridgehead atoms. The average molecular weight is 279 g/mol. The monoisotopic (exact) mass is 279 g/mol. The number of aliphatic hydroxyl groups excluding tert-OH is 1. The number of nitrogens with zero attached hydrogens (tertiary/aromatic N) is 1. The molecule has 5 heteroatoms. The smallest absolute Gasteiger partial charge is 0.393 e. The first kappa shape index (κ1) is 15.1. The minimum Gasteiger partial charge on any atom is -0.393 e. The van der Waals surface area contributed by atoms with Gasteiger partial charge in [-0.1, -0.05) is 13.3 Å². The third kappa shape index (κ3) is 4.63. The highest BCUT2D eigenvalue weighted by Crippen LogP contribution is 2.36. The predicted molar refractivity (Wildman–Crippen MR) is 67.8 cm³/mol. The van der Waals surface area contributed by atoms with Gasteiger partial charge in [0.1, 0.15) is 0 Å². The van der Waals surface area contributed by atoms with Gasteiger partial charge in [-0.15, -0.1) is 0 Å². The van der Waals surface area contributed by atoms with Crippen LogP contribution >= 0.6 is 0 Å². The van der Waals surface area contributed by atoms with Crippen molar-refractivity contribution < 1.29 is 18.3 Å². The van der Waals surface area contributed by atoms with E-state index in [4.69, 9.17) is 0 Å². The van der Waals surface area contributed by atoms with Gasteiger partial charge in [-0.2, -0.15) is 13.2 Å². The summed E-state index contributed by atoms with van der Waals surface area (Å²) >= 11 is 0. The Labute approximate surface area is 113 Å². The topological polar surface area (TPSA) is 23.5 Å². The van der Waals surface area contributed by atoms with Crippen molar-refractivity contribution in [3.8, 4) is 0 Å². The fourth-order valence-electron chi connectivity index (χ4n) is 3.23. The summed E-state index contributed by atoms with van der Waals surface area (Å²) in [5.74, 6) is 0.585. The Morgan fingerprint density at radius 2 is 1.84 bits per heavy atom. The molecular weight excluding hydrogens is 255 g/mol. The van der Waals surface area contributed by atoms with Gasteiger partial charge in [0.2, 0.25) is 0 Å². The minimum atomic E-state index is -4.13. The molecule has 0 saturated heterocycles. The zero-order valence-electron chi connectivity index (χ0n) is 11.5. The van der Waals surface area contributed by atoms with Crippen LogP contribution in [0.3, 0.4) is 0 Å². The SMILES string of the molecule is CCC1CCC(O)C(CN(CC(F)(F)F)C2CC2)C1. The second-order valence-corrected chi connectivity index (χ2v) is 6.19. The second-order valence-electron chi connectivity index (χ2n) is 6.19. The molecule has 0 spiro atoms. The Kier molecular flexibility index (Phi) is 4.77. The Morgan fingerprint density at radius 1 is 1.16 bits per heavy atom. The van der Waals surface area contributed by atoms with Gasteiger partial charge in [-0.05, 0) is 43.9 Å². The molecule has 0 aliphatic heterocycles. The quantitative estimate of drug-likeness (QED) is 0.835. The Morgan fingerprint density at radius 3 is 2.37 bits per heavy atom. The highest BCUT2D eigenvalue weighted by Gasteiger charge is 2.40. The van der Waals surface area contributed by atoms with E-state index >= 15 is 0 Å². The molecule has 0 heterocycles. The maximum Gasteiger partial charge on any atom is 0.401 e. The van der Waals surface area contributed by atoms with Crippen molar-refractivity contribution in [3.63, 3.8) is 0 Å². The number of aliphatic hydroxyl groups is 1. The Hall–Kier alpha value is -0.290. The first-order valence-corrected chi connectivity index (χ1v) is 7.38. The summed E-state index contributed by atoms with van der Waals surface area (Å²) in [7, 11) is 0. The van der Waals surface area contributed by atoms with Crippen molar-refractivity contribution in [3.05, 3.63) is 0 Å². The van der Waals surface area contributed by atoms with E-state index in [-0.39, 0.29) is 12.0 Å². The third-order valence-electron chi connectivity index (χ3n) is 4.54. The van der Waals surface area contributed by atoms with Crippen LogP contribution in [0.15, 0.2) is 0 Å². The van der Waals surface area contributed by atoms with Crippen molar-refractivity contribution in [2.45, 2.75) is 63.8 Å². The Bertz CT molecular complexity index is 291. The molecule has 2 fully saturated rings. The maximum absolute atomic E-state index is 12.6. The lowest BCUT2D eigenvalue weighted by molar-refractivity contribution is -0.150. The van der Waals surface area contributed by atoms with Crippen LogP contribution in [0.2, 0.25) is 0 Å². The standard InChI is InChI=1S/C14H24F3NO/c1-2-10-3-6-13(19)11(7-10)8-18(12-4-5-12)9-14(15,16)17/h10-13,19H,2-9H2,1H3. The molecule has 19 heavy (non-hydrogen) atoms. The lowest BCUT2D eigenvalue weighted by atomic mass is 9.78. The normalized spacial score (nSPS) is 32.8. The summed E-state index contributed by atoms with van der Waals surface area (Å²) in [6.07, 6.45) is 0.880. The maximum atomic E-state index is 12.6. The highest BCUT2D eigenvalue weighted by molar-refractivity contribution is 4.89. The lowest BCUT2D eigenvalue weighted by Gasteiger charge is -2.36. The van der Waals surface area contributed by atoms with E-state index < -0.39 is 18.8 Å². The molecule has 112 valence electrons. The first-order valence-electron chi connectivity index (χ1n) is 7.38. The van der Waals surface area contributed by atoms with Crippen LogP contribution in [0.5, 0.6) is 0 Å². The van der Waals surface area contributed by atoms with E-state index in [1.807, 2.05) is 0 Å². The fraction of sp³-hybridized carbons (Fsp3) is 1.00. The molecule has 2 nitrogen and oxygen atoms in total. The van der Waals surface area contributed by atoms with E-state index in [2.05, 4.69) is 6.92 Å². The van der Waals surface area contributed by atoms with Crippen LogP contribution in [0, 0.1) is 11.8 Å². The molecule has 1 N–H and O–H groups in total. The third-order valence-corrected chi connectivity index (χ3v) is 4.54. The van der Waals surface area contributed by atoms with Crippen molar-refractivity contribution >= 4 is 0 Å². The van der Waals surface area contributed by atoms with Gasteiger partial charge in [0.05, 0.1) is 12.6 Å². The van der Waals surface area contributed by atoms with E-state index in [1.54, 1.807) is 4.90 Å². The summed E-state index contributed by atoms with van der Waals surface area (Å²) in [4.78, 5) is 1.55. The molecule has 2 rings (SSSR count). The lowest BCUT2D eigenvalue weighted by Crippen LogP contribution is -2.43. The number of hydrogen-bond acceptors (Lipinski definition) is 2. The van der Waals surface area contributed by atoms with Gasteiger partial charge in [0, 0.05) is 12.6 Å². The molecule has 0 aromatic heterocycles. The zero-order valence-corrected chi connectivity index (χ0v) is 11.5. The summed E-state index contributed by atoms with van der Waals surface area (Å²) in [5, 5.41) is 10.0. The van der Waals surface area contributed by atoms with Crippen molar-refractivity contribution in [1.82, 2.24) is 4.90 Å². The zero-order chi connectivity index (χ0) is 14.0. The second kappa shape index (κ2) is 6.00. The molecule has 0 radical (unpaired) electrons. The van der Waals surface area contributed by atoms with E-state index in [0.717, 1.165) is 38.5 Å². The van der Waals surface area contributed by atoms with Crippen LogP contribution in [0.25, 0.3) is 0 Å². The molecular formula is C14H24F3NO. The van der Waals surface area contributed by atoms with Gasteiger partial charge in [0.15, 0.2) is 0 Å². The summed E-state index contributed by atoms with van der Waals surface area (Å²) in [5.41, 5.74) is 0. The number of rotatable bonds is 5. The van der Waals surface area contributed by atoms with Gasteiger partial charge >= 0.3 is 6.18 Å². The largest absolute Gasteiger partial charge is 0.401 e. The molecule has 0 amide bonds. The molecule has 3 atom stereocenters. The van der Waals surface area contributed by atoms with Gasteiger partial charge in [-0.3, -0.25) is 4.90 Å². The van der Waals surface area contributed by atoms with Crippen LogP contribution < -0.4 is 0 Å². The molecule has 2 saturated carbocycles. The van der Waals surface area contributed by atoms with E-state index in [0.29, 0.717) is 12.5 Å². The Balaban J connectivity index is 1.91. The summed E-state index contributed by atoms with van der Waals surface area (Å²) in [6.45, 7) is 1.70. The molecule has 0 aromatic rings. The van der Waals surface area contributed by atoms with Crippen LogP contribution in [-0.4, -0.2) is 41.4 Å².